The predicted molar refractivity (Wildman–Crippen MR) is 138 cm³/mol. The van der Waals surface area contributed by atoms with Crippen molar-refractivity contribution in [1.29, 1.82) is 0 Å². The van der Waals surface area contributed by atoms with Gasteiger partial charge >= 0.3 is 5.97 Å². The van der Waals surface area contributed by atoms with E-state index < -0.39 is 0 Å². The van der Waals surface area contributed by atoms with Gasteiger partial charge in [-0.05, 0) is 25.2 Å². The van der Waals surface area contributed by atoms with Crippen molar-refractivity contribution >= 4 is 5.97 Å². The Kier molecular flexibility index (Phi) is 23.7. The third kappa shape index (κ3) is 21.1. The standard InChI is InChI=1S/C29H58O2/c1-5-8-11-14-16-17-19-22-25-28(24-21-18-15-12-9-6-2)26-31-29(30)27(4)23-20-13-10-7-3/h27-28H,5-26H2,1-4H3. The molecule has 0 spiro atoms. The van der Waals surface area contributed by atoms with Crippen LogP contribution in [0.1, 0.15) is 163 Å². The molecule has 0 rings (SSSR count). The van der Waals surface area contributed by atoms with Crippen LogP contribution in [0.15, 0.2) is 0 Å². The Balaban J connectivity index is 4.13. The monoisotopic (exact) mass is 438 g/mol. The Bertz CT molecular complexity index is 366. The van der Waals surface area contributed by atoms with E-state index in [2.05, 4.69) is 27.7 Å². The van der Waals surface area contributed by atoms with Crippen molar-refractivity contribution in [3.8, 4) is 0 Å². The van der Waals surface area contributed by atoms with Crippen molar-refractivity contribution in [3.63, 3.8) is 0 Å². The molecule has 0 aromatic rings. The third-order valence-corrected chi connectivity index (χ3v) is 6.79. The van der Waals surface area contributed by atoms with Gasteiger partial charge in [-0.25, -0.2) is 0 Å². The van der Waals surface area contributed by atoms with E-state index in [0.29, 0.717) is 12.5 Å². The fourth-order valence-electron chi connectivity index (χ4n) is 4.43. The molecule has 31 heavy (non-hydrogen) atoms. The van der Waals surface area contributed by atoms with Gasteiger partial charge in [0.1, 0.15) is 0 Å². The van der Waals surface area contributed by atoms with Crippen LogP contribution in [0.2, 0.25) is 0 Å². The zero-order valence-electron chi connectivity index (χ0n) is 22.0. The maximum Gasteiger partial charge on any atom is 0.308 e. The summed E-state index contributed by atoms with van der Waals surface area (Å²) < 4.78 is 5.80. The van der Waals surface area contributed by atoms with Crippen LogP contribution in [0.25, 0.3) is 0 Å². The molecule has 2 heteroatoms. The molecule has 186 valence electrons. The van der Waals surface area contributed by atoms with Crippen LogP contribution in [0, 0.1) is 11.8 Å². The number of hydrogen-bond acceptors (Lipinski definition) is 2. The maximum atomic E-state index is 12.4. The quantitative estimate of drug-likeness (QED) is 0.111. The number of carbonyl (C=O) groups is 1. The van der Waals surface area contributed by atoms with Crippen LogP contribution < -0.4 is 0 Å². The van der Waals surface area contributed by atoms with Gasteiger partial charge in [0.25, 0.3) is 0 Å². The lowest BCUT2D eigenvalue weighted by Crippen LogP contribution is -2.20. The van der Waals surface area contributed by atoms with Crippen LogP contribution >= 0.6 is 0 Å². The Hall–Kier alpha value is -0.530. The number of ether oxygens (including phenoxy) is 1. The summed E-state index contributed by atoms with van der Waals surface area (Å²) in [6.45, 7) is 9.50. The number of hydrogen-bond donors (Lipinski definition) is 0. The summed E-state index contributed by atoms with van der Waals surface area (Å²) in [5, 5.41) is 0. The van der Waals surface area contributed by atoms with Crippen molar-refractivity contribution in [3.05, 3.63) is 0 Å². The fourth-order valence-corrected chi connectivity index (χ4v) is 4.43. The minimum atomic E-state index is 0.0420. The van der Waals surface area contributed by atoms with E-state index >= 15 is 0 Å². The molecule has 2 atom stereocenters. The van der Waals surface area contributed by atoms with Gasteiger partial charge in [-0.3, -0.25) is 4.79 Å². The molecule has 0 radical (unpaired) electrons. The molecule has 0 fully saturated rings. The summed E-state index contributed by atoms with van der Waals surface area (Å²) in [6.07, 6.45) is 27.4. The topological polar surface area (TPSA) is 26.3 Å². The number of unbranched alkanes of at least 4 members (excludes halogenated alkanes) is 15. The molecule has 2 nitrogen and oxygen atoms in total. The molecular formula is C29H58O2. The minimum absolute atomic E-state index is 0.0420. The van der Waals surface area contributed by atoms with Crippen LogP contribution in [-0.2, 0) is 9.53 Å². The summed E-state index contributed by atoms with van der Waals surface area (Å²) in [4.78, 5) is 12.4. The van der Waals surface area contributed by atoms with Crippen LogP contribution in [-0.4, -0.2) is 12.6 Å². The lowest BCUT2D eigenvalue weighted by atomic mass is 9.94. The average molecular weight is 439 g/mol. The van der Waals surface area contributed by atoms with Gasteiger partial charge in [-0.2, -0.15) is 0 Å². The molecule has 0 aliphatic carbocycles. The third-order valence-electron chi connectivity index (χ3n) is 6.79. The zero-order chi connectivity index (χ0) is 23.0. The summed E-state index contributed by atoms with van der Waals surface area (Å²) in [5.74, 6) is 0.678. The lowest BCUT2D eigenvalue weighted by molar-refractivity contribution is -0.149. The summed E-state index contributed by atoms with van der Waals surface area (Å²) in [7, 11) is 0. The molecule has 0 bridgehead atoms. The highest BCUT2D eigenvalue weighted by Gasteiger charge is 2.17. The highest BCUT2D eigenvalue weighted by molar-refractivity contribution is 5.71. The Morgan fingerprint density at radius 1 is 0.548 bits per heavy atom. The largest absolute Gasteiger partial charge is 0.465 e. The molecule has 0 saturated carbocycles. The molecule has 0 N–H and O–H groups in total. The van der Waals surface area contributed by atoms with E-state index in [4.69, 9.17) is 4.74 Å². The highest BCUT2D eigenvalue weighted by Crippen LogP contribution is 2.21. The molecule has 0 aliphatic heterocycles. The van der Waals surface area contributed by atoms with Gasteiger partial charge < -0.3 is 4.74 Å². The van der Waals surface area contributed by atoms with Gasteiger partial charge in [0.15, 0.2) is 0 Å². The molecule has 0 aromatic heterocycles. The fraction of sp³-hybridized carbons (Fsp3) is 0.966. The SMILES string of the molecule is CCCCCCCCCCC(CCCCCCCC)COC(=O)C(C)CCCCCC. The Morgan fingerprint density at radius 3 is 1.35 bits per heavy atom. The number of carbonyl (C=O) groups excluding carboxylic acids is 1. The first-order chi connectivity index (χ1) is 15.2. The summed E-state index contributed by atoms with van der Waals surface area (Å²) in [6, 6.07) is 0. The number of esters is 1. The van der Waals surface area contributed by atoms with E-state index in [9.17, 15) is 4.79 Å². The van der Waals surface area contributed by atoms with Crippen molar-refractivity contribution in [2.24, 2.45) is 11.8 Å². The lowest BCUT2D eigenvalue weighted by Gasteiger charge is -2.19. The second kappa shape index (κ2) is 24.1. The zero-order valence-corrected chi connectivity index (χ0v) is 22.0. The first-order valence-electron chi connectivity index (χ1n) is 14.3. The molecule has 0 saturated heterocycles. The van der Waals surface area contributed by atoms with Crippen molar-refractivity contribution in [2.75, 3.05) is 6.61 Å². The van der Waals surface area contributed by atoms with Gasteiger partial charge in [-0.15, -0.1) is 0 Å². The normalized spacial score (nSPS) is 13.3. The average Bonchev–Trinajstić information content (AvgIpc) is 2.78. The second-order valence-electron chi connectivity index (χ2n) is 10.1. The van der Waals surface area contributed by atoms with Crippen molar-refractivity contribution in [1.82, 2.24) is 0 Å². The van der Waals surface area contributed by atoms with E-state index in [1.807, 2.05) is 0 Å². The van der Waals surface area contributed by atoms with Gasteiger partial charge in [0, 0.05) is 0 Å². The molecule has 0 heterocycles. The molecular weight excluding hydrogens is 380 g/mol. The van der Waals surface area contributed by atoms with Crippen LogP contribution in [0.3, 0.4) is 0 Å². The predicted octanol–water partition coefficient (Wildman–Crippen LogP) is 10.0. The van der Waals surface area contributed by atoms with E-state index in [-0.39, 0.29) is 11.9 Å². The molecule has 2 unspecified atom stereocenters. The summed E-state index contributed by atoms with van der Waals surface area (Å²) >= 11 is 0. The van der Waals surface area contributed by atoms with Crippen LogP contribution in [0.4, 0.5) is 0 Å². The van der Waals surface area contributed by atoms with Gasteiger partial charge in [0.2, 0.25) is 0 Å². The first-order valence-corrected chi connectivity index (χ1v) is 14.3. The van der Waals surface area contributed by atoms with E-state index in [1.165, 1.54) is 122 Å². The molecule has 0 aliphatic rings. The molecule has 0 amide bonds. The van der Waals surface area contributed by atoms with Gasteiger partial charge in [0.05, 0.1) is 12.5 Å². The van der Waals surface area contributed by atoms with Crippen LogP contribution in [0.5, 0.6) is 0 Å². The Labute approximate surface area is 196 Å². The maximum absolute atomic E-state index is 12.4. The summed E-state index contributed by atoms with van der Waals surface area (Å²) in [5.41, 5.74) is 0. The van der Waals surface area contributed by atoms with Crippen molar-refractivity contribution < 1.29 is 9.53 Å². The van der Waals surface area contributed by atoms with E-state index in [0.717, 1.165) is 12.8 Å². The first kappa shape index (κ1) is 30.5. The van der Waals surface area contributed by atoms with Crippen molar-refractivity contribution in [2.45, 2.75) is 163 Å². The smallest absolute Gasteiger partial charge is 0.308 e. The van der Waals surface area contributed by atoms with E-state index in [1.54, 1.807) is 0 Å². The molecule has 0 aromatic carbocycles. The van der Waals surface area contributed by atoms with Gasteiger partial charge in [-0.1, -0.05) is 143 Å². The number of rotatable bonds is 24. The highest BCUT2D eigenvalue weighted by atomic mass is 16.5. The Morgan fingerprint density at radius 2 is 0.903 bits per heavy atom. The minimum Gasteiger partial charge on any atom is -0.465 e. The second-order valence-corrected chi connectivity index (χ2v) is 10.1.